The van der Waals surface area contributed by atoms with Crippen molar-refractivity contribution in [2.45, 2.75) is 25.9 Å². The van der Waals surface area contributed by atoms with Gasteiger partial charge in [-0.3, -0.25) is 9.59 Å². The molecule has 8 heteroatoms. The third-order valence-corrected chi connectivity index (χ3v) is 3.02. The molecule has 8 nitrogen and oxygen atoms in total. The zero-order chi connectivity index (χ0) is 15.1. The van der Waals surface area contributed by atoms with Gasteiger partial charge < -0.3 is 24.7 Å². The maximum absolute atomic E-state index is 12.2. The predicted molar refractivity (Wildman–Crippen MR) is 68.5 cm³/mol. The van der Waals surface area contributed by atoms with E-state index in [4.69, 9.17) is 14.9 Å². The highest BCUT2D eigenvalue weighted by Gasteiger charge is 2.27. The summed E-state index contributed by atoms with van der Waals surface area (Å²) in [6.07, 6.45) is 1.72. The summed E-state index contributed by atoms with van der Waals surface area (Å²) in [5.41, 5.74) is 0. The second kappa shape index (κ2) is 7.68. The van der Waals surface area contributed by atoms with Gasteiger partial charge in [-0.25, -0.2) is 4.79 Å². The maximum Gasteiger partial charge on any atom is 0.323 e. The average Bonchev–Trinajstić information content (AvgIpc) is 2.86. The maximum atomic E-state index is 12.2. The molecule has 1 fully saturated rings. The van der Waals surface area contributed by atoms with Crippen molar-refractivity contribution < 1.29 is 29.3 Å². The topological polar surface area (TPSA) is 107 Å². The molecule has 1 unspecified atom stereocenters. The van der Waals surface area contributed by atoms with E-state index in [1.54, 1.807) is 6.92 Å². The van der Waals surface area contributed by atoms with Gasteiger partial charge in [0.25, 0.3) is 0 Å². The van der Waals surface area contributed by atoms with Gasteiger partial charge in [0.15, 0.2) is 0 Å². The summed E-state index contributed by atoms with van der Waals surface area (Å²) in [4.78, 5) is 35.9. The summed E-state index contributed by atoms with van der Waals surface area (Å²) >= 11 is 0. The molecule has 0 spiro atoms. The zero-order valence-corrected chi connectivity index (χ0v) is 11.4. The van der Waals surface area contributed by atoms with E-state index in [1.807, 2.05) is 0 Å². The lowest BCUT2D eigenvalue weighted by molar-refractivity contribution is -0.140. The lowest BCUT2D eigenvalue weighted by Gasteiger charge is -2.29. The number of hydrogen-bond donors (Lipinski definition) is 2. The van der Waals surface area contributed by atoms with E-state index in [9.17, 15) is 14.4 Å². The molecule has 1 heterocycles. The van der Waals surface area contributed by atoms with E-state index in [0.29, 0.717) is 19.7 Å². The van der Waals surface area contributed by atoms with Crippen LogP contribution in [-0.2, 0) is 14.3 Å². The monoisotopic (exact) mass is 288 g/mol. The number of carbonyl (C=O) groups is 3. The molecule has 0 aliphatic carbocycles. The first kappa shape index (κ1) is 16.2. The number of ether oxygens (including phenoxy) is 1. The minimum atomic E-state index is -1.24. The van der Waals surface area contributed by atoms with Crippen molar-refractivity contribution in [3.05, 3.63) is 0 Å². The van der Waals surface area contributed by atoms with Gasteiger partial charge in [-0.05, 0) is 19.8 Å². The van der Waals surface area contributed by atoms with Crippen LogP contribution in [0.3, 0.4) is 0 Å². The number of urea groups is 1. The molecular weight excluding hydrogens is 268 g/mol. The van der Waals surface area contributed by atoms with Crippen molar-refractivity contribution in [2.24, 2.45) is 0 Å². The van der Waals surface area contributed by atoms with Gasteiger partial charge in [0.05, 0.1) is 6.10 Å². The number of hydrogen-bond acceptors (Lipinski definition) is 4. The van der Waals surface area contributed by atoms with Crippen LogP contribution in [0.15, 0.2) is 0 Å². The highest BCUT2D eigenvalue weighted by molar-refractivity contribution is 5.84. The number of carboxylic acid groups (broad SMARTS) is 2. The Morgan fingerprint density at radius 3 is 2.15 bits per heavy atom. The fourth-order valence-electron chi connectivity index (χ4n) is 2.09. The molecule has 0 radical (unpaired) electrons. The van der Waals surface area contributed by atoms with Crippen LogP contribution in [0, 0.1) is 0 Å². The first-order valence-corrected chi connectivity index (χ1v) is 6.53. The van der Waals surface area contributed by atoms with Gasteiger partial charge in [0.2, 0.25) is 0 Å². The minimum absolute atomic E-state index is 0.0598. The zero-order valence-electron chi connectivity index (χ0n) is 11.4. The summed E-state index contributed by atoms with van der Waals surface area (Å²) < 4.78 is 5.43. The van der Waals surface area contributed by atoms with Crippen molar-refractivity contribution in [1.29, 1.82) is 0 Å². The van der Waals surface area contributed by atoms with Crippen LogP contribution in [0.25, 0.3) is 0 Å². The third-order valence-electron chi connectivity index (χ3n) is 3.02. The summed E-state index contributed by atoms with van der Waals surface area (Å²) in [6.45, 7) is 1.87. The third kappa shape index (κ3) is 5.04. The normalized spacial score (nSPS) is 17.8. The SMILES string of the molecule is CCN(CC1CCCO1)C(=O)N(CC(=O)O)CC(=O)O. The molecule has 0 saturated carbocycles. The van der Waals surface area contributed by atoms with Crippen molar-refractivity contribution in [2.75, 3.05) is 32.8 Å². The molecule has 20 heavy (non-hydrogen) atoms. The lowest BCUT2D eigenvalue weighted by Crippen LogP contribution is -2.49. The predicted octanol–water partition coefficient (Wildman–Crippen LogP) is 0.0785. The van der Waals surface area contributed by atoms with Gasteiger partial charge in [-0.1, -0.05) is 0 Å². The van der Waals surface area contributed by atoms with Crippen LogP contribution in [-0.4, -0.2) is 76.9 Å². The Bertz CT molecular complexity index is 351. The largest absolute Gasteiger partial charge is 0.480 e. The molecule has 1 aliphatic heterocycles. The number of aliphatic carboxylic acids is 2. The van der Waals surface area contributed by atoms with E-state index in [-0.39, 0.29) is 6.10 Å². The van der Waals surface area contributed by atoms with E-state index >= 15 is 0 Å². The summed E-state index contributed by atoms with van der Waals surface area (Å²) in [6, 6.07) is -0.590. The standard InChI is InChI=1S/C12H20N2O6/c1-2-13(6-9-4-3-5-20-9)12(19)14(7-10(15)16)8-11(17)18/h9H,2-8H2,1H3,(H,15,16)(H,17,18). The van der Waals surface area contributed by atoms with Gasteiger partial charge >= 0.3 is 18.0 Å². The van der Waals surface area contributed by atoms with Crippen LogP contribution < -0.4 is 0 Å². The highest BCUT2D eigenvalue weighted by Crippen LogP contribution is 2.14. The number of amides is 2. The summed E-state index contributed by atoms with van der Waals surface area (Å²) in [7, 11) is 0. The first-order chi connectivity index (χ1) is 9.43. The van der Waals surface area contributed by atoms with Gasteiger partial charge in [-0.15, -0.1) is 0 Å². The van der Waals surface area contributed by atoms with E-state index in [1.165, 1.54) is 4.90 Å². The van der Waals surface area contributed by atoms with E-state index < -0.39 is 31.1 Å². The number of carboxylic acids is 2. The molecule has 0 bridgehead atoms. The van der Waals surface area contributed by atoms with Gasteiger partial charge in [-0.2, -0.15) is 0 Å². The molecular formula is C12H20N2O6. The molecule has 0 aromatic heterocycles. The van der Waals surface area contributed by atoms with Crippen LogP contribution in [0.2, 0.25) is 0 Å². The summed E-state index contributed by atoms with van der Waals surface area (Å²) in [5, 5.41) is 17.5. The van der Waals surface area contributed by atoms with Crippen molar-refractivity contribution in [1.82, 2.24) is 9.80 Å². The van der Waals surface area contributed by atoms with Crippen LogP contribution in [0.5, 0.6) is 0 Å². The molecule has 2 amide bonds. The lowest BCUT2D eigenvalue weighted by atomic mass is 10.2. The van der Waals surface area contributed by atoms with Crippen LogP contribution in [0.1, 0.15) is 19.8 Å². The Morgan fingerprint density at radius 1 is 1.15 bits per heavy atom. The molecule has 1 aliphatic rings. The summed E-state index contributed by atoms with van der Waals surface area (Å²) in [5.74, 6) is -2.49. The molecule has 0 aromatic rings. The van der Waals surface area contributed by atoms with Gasteiger partial charge in [0, 0.05) is 19.7 Å². The molecule has 1 saturated heterocycles. The quantitative estimate of drug-likeness (QED) is 0.687. The smallest absolute Gasteiger partial charge is 0.323 e. The van der Waals surface area contributed by atoms with Gasteiger partial charge in [0.1, 0.15) is 13.1 Å². The Kier molecular flexibility index (Phi) is 6.23. The van der Waals surface area contributed by atoms with Crippen molar-refractivity contribution in [3.63, 3.8) is 0 Å². The minimum Gasteiger partial charge on any atom is -0.480 e. The molecule has 0 aromatic carbocycles. The van der Waals surface area contributed by atoms with Crippen molar-refractivity contribution >= 4 is 18.0 Å². The Morgan fingerprint density at radius 2 is 1.75 bits per heavy atom. The second-order valence-corrected chi connectivity index (χ2v) is 4.60. The average molecular weight is 288 g/mol. The highest BCUT2D eigenvalue weighted by atomic mass is 16.5. The molecule has 1 atom stereocenters. The van der Waals surface area contributed by atoms with Crippen LogP contribution in [0.4, 0.5) is 4.79 Å². The van der Waals surface area contributed by atoms with E-state index in [2.05, 4.69) is 0 Å². The Labute approximate surface area is 116 Å². The molecule has 2 N–H and O–H groups in total. The number of rotatable bonds is 7. The Hall–Kier alpha value is -1.83. The molecule has 1 rings (SSSR count). The number of likely N-dealkylation sites (N-methyl/N-ethyl adjacent to an activating group) is 1. The Balaban J connectivity index is 2.67. The molecule has 114 valence electrons. The first-order valence-electron chi connectivity index (χ1n) is 6.53. The fourth-order valence-corrected chi connectivity index (χ4v) is 2.09. The number of carbonyl (C=O) groups excluding carboxylic acids is 1. The van der Waals surface area contributed by atoms with Crippen LogP contribution >= 0.6 is 0 Å². The van der Waals surface area contributed by atoms with E-state index in [0.717, 1.165) is 17.7 Å². The fraction of sp³-hybridized carbons (Fsp3) is 0.750. The van der Waals surface area contributed by atoms with Crippen molar-refractivity contribution in [3.8, 4) is 0 Å². The number of nitrogens with zero attached hydrogens (tertiary/aromatic N) is 2. The second-order valence-electron chi connectivity index (χ2n) is 4.60.